The Morgan fingerprint density at radius 2 is 1.62 bits per heavy atom. The molecule has 0 aliphatic carbocycles. The van der Waals surface area contributed by atoms with Gasteiger partial charge in [0.1, 0.15) is 0 Å². The number of rotatable bonds is 6. The van der Waals surface area contributed by atoms with Crippen LogP contribution in [0.4, 0.5) is 0 Å². The van der Waals surface area contributed by atoms with E-state index < -0.39 is 5.79 Å². The van der Waals surface area contributed by atoms with Crippen LogP contribution >= 0.6 is 0 Å². The van der Waals surface area contributed by atoms with Crippen molar-refractivity contribution in [3.63, 3.8) is 0 Å². The van der Waals surface area contributed by atoms with Crippen molar-refractivity contribution in [1.82, 2.24) is 0 Å². The van der Waals surface area contributed by atoms with Crippen LogP contribution in [0, 0.1) is 0 Å². The predicted molar refractivity (Wildman–Crippen MR) is 65.0 cm³/mol. The molecule has 0 saturated carbocycles. The van der Waals surface area contributed by atoms with Crippen LogP contribution in [0.2, 0.25) is 0 Å². The normalized spacial score (nSPS) is 13.8. The van der Waals surface area contributed by atoms with E-state index in [0.29, 0.717) is 13.2 Å². The van der Waals surface area contributed by atoms with E-state index in [2.05, 4.69) is 0 Å². The molecule has 3 nitrogen and oxygen atoms in total. The van der Waals surface area contributed by atoms with Gasteiger partial charge in [-0.2, -0.15) is 0 Å². The maximum Gasteiger partial charge on any atom is 0.184 e. The Morgan fingerprint density at radius 3 is 2.06 bits per heavy atom. The zero-order valence-corrected chi connectivity index (χ0v) is 10.3. The van der Waals surface area contributed by atoms with E-state index in [0.717, 1.165) is 5.56 Å². The van der Waals surface area contributed by atoms with Gasteiger partial charge >= 0.3 is 0 Å². The Kier molecular flexibility index (Phi) is 4.93. The molecule has 0 fully saturated rings. The topological polar surface area (TPSA) is 44.5 Å². The van der Waals surface area contributed by atoms with Crippen LogP contribution in [0.5, 0.6) is 0 Å². The second kappa shape index (κ2) is 5.99. The quantitative estimate of drug-likeness (QED) is 0.753. The van der Waals surface area contributed by atoms with E-state index in [1.165, 1.54) is 0 Å². The molecule has 0 aliphatic heterocycles. The van der Waals surface area contributed by atoms with E-state index in [9.17, 15) is 0 Å². The molecule has 16 heavy (non-hydrogen) atoms. The number of benzene rings is 1. The van der Waals surface area contributed by atoms with Crippen LogP contribution in [0.25, 0.3) is 0 Å². The third-order valence-corrected chi connectivity index (χ3v) is 2.59. The summed E-state index contributed by atoms with van der Waals surface area (Å²) in [6.45, 7) is 6.93. The summed E-state index contributed by atoms with van der Waals surface area (Å²) in [7, 11) is 0. The van der Waals surface area contributed by atoms with Crippen molar-refractivity contribution in [1.29, 1.82) is 0 Å². The molecule has 1 rings (SSSR count). The Morgan fingerprint density at radius 1 is 1.12 bits per heavy atom. The van der Waals surface area contributed by atoms with Gasteiger partial charge in [-0.3, -0.25) is 0 Å². The summed E-state index contributed by atoms with van der Waals surface area (Å²) in [5.41, 5.74) is 7.22. The highest BCUT2D eigenvalue weighted by molar-refractivity contribution is 5.20. The highest BCUT2D eigenvalue weighted by atomic mass is 16.7. The zero-order valence-electron chi connectivity index (χ0n) is 10.3. The molecule has 2 N–H and O–H groups in total. The van der Waals surface area contributed by atoms with Gasteiger partial charge in [-0.1, -0.05) is 30.3 Å². The molecule has 0 amide bonds. The van der Waals surface area contributed by atoms with Gasteiger partial charge in [-0.15, -0.1) is 0 Å². The molecule has 0 aliphatic rings. The molecule has 0 radical (unpaired) electrons. The Hall–Kier alpha value is -0.900. The average Bonchev–Trinajstić information content (AvgIpc) is 2.30. The van der Waals surface area contributed by atoms with Gasteiger partial charge in [0.05, 0.1) is 6.04 Å². The second-order valence-corrected chi connectivity index (χ2v) is 3.77. The molecule has 1 atom stereocenters. The SMILES string of the molecule is CCOC(C)(OCC)[C@@H](N)c1ccccc1. The number of hydrogen-bond donors (Lipinski definition) is 1. The summed E-state index contributed by atoms with van der Waals surface area (Å²) >= 11 is 0. The third-order valence-electron chi connectivity index (χ3n) is 2.59. The fourth-order valence-electron chi connectivity index (χ4n) is 1.76. The summed E-state index contributed by atoms with van der Waals surface area (Å²) in [5, 5.41) is 0. The number of hydrogen-bond acceptors (Lipinski definition) is 3. The van der Waals surface area contributed by atoms with Crippen molar-refractivity contribution in [2.45, 2.75) is 32.6 Å². The van der Waals surface area contributed by atoms with Crippen molar-refractivity contribution in [2.75, 3.05) is 13.2 Å². The van der Waals surface area contributed by atoms with Gasteiger partial charge in [0.25, 0.3) is 0 Å². The van der Waals surface area contributed by atoms with Crippen molar-refractivity contribution < 1.29 is 9.47 Å². The van der Waals surface area contributed by atoms with Crippen molar-refractivity contribution in [3.05, 3.63) is 35.9 Å². The highest BCUT2D eigenvalue weighted by Crippen LogP contribution is 2.28. The summed E-state index contributed by atoms with van der Waals surface area (Å²) in [4.78, 5) is 0. The van der Waals surface area contributed by atoms with Gasteiger partial charge in [-0.25, -0.2) is 0 Å². The fourth-order valence-corrected chi connectivity index (χ4v) is 1.76. The molecule has 1 aromatic rings. The second-order valence-electron chi connectivity index (χ2n) is 3.77. The van der Waals surface area contributed by atoms with E-state index >= 15 is 0 Å². The first-order valence-corrected chi connectivity index (χ1v) is 5.72. The molecular weight excluding hydrogens is 202 g/mol. The van der Waals surface area contributed by atoms with Gasteiger partial charge in [0, 0.05) is 13.2 Å². The molecular formula is C13H21NO2. The first-order chi connectivity index (χ1) is 7.64. The zero-order chi connectivity index (χ0) is 12.0. The average molecular weight is 223 g/mol. The van der Waals surface area contributed by atoms with E-state index in [-0.39, 0.29) is 6.04 Å². The van der Waals surface area contributed by atoms with Crippen molar-refractivity contribution >= 4 is 0 Å². The smallest absolute Gasteiger partial charge is 0.184 e. The minimum atomic E-state index is -0.759. The first kappa shape index (κ1) is 13.2. The number of ether oxygens (including phenoxy) is 2. The maximum absolute atomic E-state index is 6.20. The Balaban J connectivity index is 2.86. The van der Waals surface area contributed by atoms with Crippen molar-refractivity contribution in [3.8, 4) is 0 Å². The molecule has 1 aromatic carbocycles. The summed E-state index contributed by atoms with van der Waals surface area (Å²) in [6, 6.07) is 9.59. The maximum atomic E-state index is 6.20. The minimum Gasteiger partial charge on any atom is -0.349 e. The van der Waals surface area contributed by atoms with E-state index in [1.807, 2.05) is 51.1 Å². The number of nitrogens with two attached hydrogens (primary N) is 1. The van der Waals surface area contributed by atoms with Crippen LogP contribution in [-0.4, -0.2) is 19.0 Å². The summed E-state index contributed by atoms with van der Waals surface area (Å²) in [5.74, 6) is -0.759. The minimum absolute atomic E-state index is 0.284. The molecule has 0 heterocycles. The standard InChI is InChI=1S/C13H21NO2/c1-4-15-13(3,16-5-2)12(14)11-9-7-6-8-10-11/h6-10,12H,4-5,14H2,1-3H3/t12-/m0/s1. The lowest BCUT2D eigenvalue weighted by Crippen LogP contribution is -2.43. The lowest BCUT2D eigenvalue weighted by Gasteiger charge is -2.34. The molecule has 0 bridgehead atoms. The van der Waals surface area contributed by atoms with Crippen LogP contribution in [0.15, 0.2) is 30.3 Å². The van der Waals surface area contributed by atoms with Crippen LogP contribution < -0.4 is 5.73 Å². The van der Waals surface area contributed by atoms with Crippen LogP contribution in [0.1, 0.15) is 32.4 Å². The van der Waals surface area contributed by atoms with Crippen molar-refractivity contribution in [2.24, 2.45) is 5.73 Å². The third kappa shape index (κ3) is 3.04. The molecule has 0 aromatic heterocycles. The monoisotopic (exact) mass is 223 g/mol. The fraction of sp³-hybridized carbons (Fsp3) is 0.538. The molecule has 3 heteroatoms. The highest BCUT2D eigenvalue weighted by Gasteiger charge is 2.34. The first-order valence-electron chi connectivity index (χ1n) is 5.72. The summed E-state index contributed by atoms with van der Waals surface area (Å²) in [6.07, 6.45) is 0. The lowest BCUT2D eigenvalue weighted by molar-refractivity contribution is -0.234. The van der Waals surface area contributed by atoms with Gasteiger partial charge in [0.15, 0.2) is 5.79 Å². The largest absolute Gasteiger partial charge is 0.349 e. The lowest BCUT2D eigenvalue weighted by atomic mass is 10.0. The summed E-state index contributed by atoms with van der Waals surface area (Å²) < 4.78 is 11.3. The predicted octanol–water partition coefficient (Wildman–Crippen LogP) is 2.48. The van der Waals surface area contributed by atoms with E-state index in [4.69, 9.17) is 15.2 Å². The Bertz CT molecular complexity index is 294. The van der Waals surface area contributed by atoms with Crippen LogP contribution in [0.3, 0.4) is 0 Å². The van der Waals surface area contributed by atoms with Crippen LogP contribution in [-0.2, 0) is 9.47 Å². The molecule has 0 saturated heterocycles. The van der Waals surface area contributed by atoms with Gasteiger partial charge in [0.2, 0.25) is 0 Å². The molecule has 0 spiro atoms. The van der Waals surface area contributed by atoms with Gasteiger partial charge < -0.3 is 15.2 Å². The molecule has 90 valence electrons. The van der Waals surface area contributed by atoms with Gasteiger partial charge in [-0.05, 0) is 26.3 Å². The molecule has 0 unspecified atom stereocenters. The Labute approximate surface area is 97.6 Å². The van der Waals surface area contributed by atoms with E-state index in [1.54, 1.807) is 0 Å².